The molecule has 0 saturated heterocycles. The van der Waals surface area contributed by atoms with Crippen LogP contribution in [0.1, 0.15) is 10.6 Å². The fourth-order valence-electron chi connectivity index (χ4n) is 1.56. The zero-order valence-corrected chi connectivity index (χ0v) is 12.6. The highest BCUT2D eigenvalue weighted by Gasteiger charge is 2.38. The number of aliphatic hydroxyl groups excluding tert-OH is 1. The predicted octanol–water partition coefficient (Wildman–Crippen LogP) is 3.09. The maximum absolute atomic E-state index is 12.7. The fourth-order valence-corrected chi connectivity index (χ4v) is 3.44. The van der Waals surface area contributed by atoms with E-state index in [9.17, 15) is 18.3 Å². The van der Waals surface area contributed by atoms with Crippen LogP contribution in [0.25, 0.3) is 6.08 Å². The van der Waals surface area contributed by atoms with Crippen LogP contribution in [0.2, 0.25) is 0 Å². The van der Waals surface area contributed by atoms with E-state index in [1.54, 1.807) is 11.6 Å². The lowest BCUT2D eigenvalue weighted by Crippen LogP contribution is -2.38. The summed E-state index contributed by atoms with van der Waals surface area (Å²) in [4.78, 5) is 9.84. The van der Waals surface area contributed by atoms with Gasteiger partial charge in [0.1, 0.15) is 11.9 Å². The maximum atomic E-state index is 12.7. The summed E-state index contributed by atoms with van der Waals surface area (Å²) in [5.74, 6) is 0.410. The summed E-state index contributed by atoms with van der Waals surface area (Å²) in [5, 5.41) is 9.78. The van der Waals surface area contributed by atoms with Crippen LogP contribution in [0.5, 0.6) is 0 Å². The predicted molar refractivity (Wildman–Crippen MR) is 78.8 cm³/mol. The highest BCUT2D eigenvalue weighted by atomic mass is 32.2. The average Bonchev–Trinajstić information content (AvgIpc) is 2.86. The van der Waals surface area contributed by atoms with Gasteiger partial charge in [0.15, 0.2) is 5.17 Å². The van der Waals surface area contributed by atoms with Crippen LogP contribution in [-0.4, -0.2) is 39.6 Å². The number of hydrogen-bond acceptors (Lipinski definition) is 6. The number of allylic oxidation sites excluding steroid dienone is 1. The Balaban J connectivity index is 2.16. The van der Waals surface area contributed by atoms with Gasteiger partial charge in [-0.1, -0.05) is 18.3 Å². The molecule has 1 atom stereocenters. The summed E-state index contributed by atoms with van der Waals surface area (Å²) in [6.07, 6.45) is -3.65. The molecular weight excluding hydrogens is 323 g/mol. The number of thioether (sulfide) groups is 1. The van der Waals surface area contributed by atoms with Gasteiger partial charge in [-0.15, -0.1) is 11.3 Å². The molecule has 0 radical (unpaired) electrons. The van der Waals surface area contributed by atoms with Crippen molar-refractivity contribution in [1.29, 1.82) is 0 Å². The first-order valence-corrected chi connectivity index (χ1v) is 7.65. The van der Waals surface area contributed by atoms with Crippen molar-refractivity contribution in [3.05, 3.63) is 34.4 Å². The zero-order valence-electron chi connectivity index (χ0n) is 11.0. The van der Waals surface area contributed by atoms with Crippen molar-refractivity contribution in [1.82, 2.24) is 9.88 Å². The van der Waals surface area contributed by atoms with E-state index in [1.165, 1.54) is 23.3 Å². The van der Waals surface area contributed by atoms with Gasteiger partial charge in [-0.3, -0.25) is 0 Å². The van der Waals surface area contributed by atoms with E-state index in [4.69, 9.17) is 0 Å². The zero-order chi connectivity index (χ0) is 15.6. The molecule has 2 rings (SSSR count). The summed E-state index contributed by atoms with van der Waals surface area (Å²) in [6, 6.07) is 0. The Morgan fingerprint density at radius 3 is 2.90 bits per heavy atom. The quantitative estimate of drug-likeness (QED) is 0.922. The molecule has 0 saturated carbocycles. The summed E-state index contributed by atoms with van der Waals surface area (Å²) in [6.45, 7) is 3.63. The molecule has 21 heavy (non-hydrogen) atoms. The second kappa shape index (κ2) is 6.20. The third-order valence-electron chi connectivity index (χ3n) is 2.71. The van der Waals surface area contributed by atoms with E-state index < -0.39 is 18.1 Å². The van der Waals surface area contributed by atoms with Gasteiger partial charge >= 0.3 is 6.18 Å². The Hall–Kier alpha value is -1.32. The van der Waals surface area contributed by atoms with Crippen LogP contribution in [0.15, 0.2) is 28.9 Å². The Morgan fingerprint density at radius 1 is 1.57 bits per heavy atom. The Morgan fingerprint density at radius 2 is 2.29 bits per heavy atom. The van der Waals surface area contributed by atoms with Gasteiger partial charge in [-0.2, -0.15) is 13.2 Å². The molecule has 1 unspecified atom stereocenters. The lowest BCUT2D eigenvalue weighted by atomic mass is 10.3. The monoisotopic (exact) mass is 335 g/mol. The minimum absolute atomic E-state index is 0.112. The van der Waals surface area contributed by atoms with Crippen molar-refractivity contribution in [3.8, 4) is 0 Å². The van der Waals surface area contributed by atoms with Crippen LogP contribution in [0, 0.1) is 0 Å². The molecule has 1 aromatic heterocycles. The number of rotatable bonds is 3. The van der Waals surface area contributed by atoms with Crippen molar-refractivity contribution < 1.29 is 18.3 Å². The molecule has 0 aliphatic carbocycles. The number of hydrogen-bond donors (Lipinski definition) is 1. The highest BCUT2D eigenvalue weighted by Crippen LogP contribution is 2.32. The third kappa shape index (κ3) is 3.66. The number of thiazole rings is 1. The minimum Gasteiger partial charge on any atom is -0.370 e. The van der Waals surface area contributed by atoms with Gasteiger partial charge in [0.25, 0.3) is 0 Å². The van der Waals surface area contributed by atoms with Gasteiger partial charge in [-0.05, 0) is 12.2 Å². The Kier molecular flexibility index (Phi) is 4.74. The molecule has 1 aliphatic heterocycles. The summed E-state index contributed by atoms with van der Waals surface area (Å²) >= 11 is 2.51. The Labute approximate surface area is 127 Å². The maximum Gasteiger partial charge on any atom is 0.433 e. The molecule has 0 spiro atoms. The minimum atomic E-state index is -4.58. The number of alkyl halides is 3. The third-order valence-corrected chi connectivity index (χ3v) is 4.81. The van der Waals surface area contributed by atoms with Gasteiger partial charge in [0.05, 0.1) is 11.2 Å². The Bertz CT molecular complexity index is 595. The summed E-state index contributed by atoms with van der Waals surface area (Å²) in [7, 11) is 1.49. The molecule has 0 amide bonds. The fraction of sp³-hybridized carbons (Fsp3) is 0.333. The lowest BCUT2D eigenvalue weighted by molar-refractivity contribution is -0.0946. The second-order valence-electron chi connectivity index (χ2n) is 4.12. The smallest absolute Gasteiger partial charge is 0.370 e. The van der Waals surface area contributed by atoms with E-state index in [0.717, 1.165) is 16.6 Å². The molecule has 1 aliphatic rings. The van der Waals surface area contributed by atoms with Crippen molar-refractivity contribution >= 4 is 34.3 Å². The van der Waals surface area contributed by atoms with Gasteiger partial charge < -0.3 is 10.0 Å². The van der Waals surface area contributed by atoms with Crippen molar-refractivity contribution in [2.24, 2.45) is 4.99 Å². The van der Waals surface area contributed by atoms with E-state index in [1.807, 2.05) is 0 Å². The number of nitrogens with zero attached hydrogens (tertiary/aromatic N) is 3. The molecule has 2 heterocycles. The molecule has 0 fully saturated rings. The topological polar surface area (TPSA) is 48.7 Å². The van der Waals surface area contributed by atoms with Crippen LogP contribution < -0.4 is 0 Å². The van der Waals surface area contributed by atoms with Crippen LogP contribution in [0.3, 0.4) is 0 Å². The van der Waals surface area contributed by atoms with Crippen molar-refractivity contribution in [3.63, 3.8) is 0 Å². The van der Waals surface area contributed by atoms with Gasteiger partial charge in [0, 0.05) is 17.7 Å². The van der Waals surface area contributed by atoms with E-state index in [-0.39, 0.29) is 5.17 Å². The van der Waals surface area contributed by atoms with E-state index in [0.29, 0.717) is 17.5 Å². The normalized spacial score (nSPS) is 19.3. The number of halogens is 3. The van der Waals surface area contributed by atoms with Crippen LogP contribution in [-0.2, 0) is 5.75 Å². The first-order valence-electron chi connectivity index (χ1n) is 5.79. The molecule has 0 bridgehead atoms. The number of aromatic nitrogens is 1. The molecule has 1 aromatic rings. The SMILES string of the molecule is C=Cc1ncsc1CSC1=NC(C(F)(F)F)=CC(O)N1C. The highest BCUT2D eigenvalue weighted by molar-refractivity contribution is 8.13. The second-order valence-corrected chi connectivity index (χ2v) is 6.00. The molecule has 4 nitrogen and oxygen atoms in total. The van der Waals surface area contributed by atoms with Crippen LogP contribution >= 0.6 is 23.1 Å². The number of amidine groups is 1. The van der Waals surface area contributed by atoms with Crippen LogP contribution in [0.4, 0.5) is 13.2 Å². The number of aliphatic hydroxyl groups is 1. The largest absolute Gasteiger partial charge is 0.433 e. The molecule has 9 heteroatoms. The van der Waals surface area contributed by atoms with Crippen molar-refractivity contribution in [2.75, 3.05) is 7.05 Å². The van der Waals surface area contributed by atoms with E-state index in [2.05, 4.69) is 16.6 Å². The first kappa shape index (κ1) is 16.1. The summed E-state index contributed by atoms with van der Waals surface area (Å²) in [5.41, 5.74) is 1.28. The van der Waals surface area contributed by atoms with Crippen molar-refractivity contribution in [2.45, 2.75) is 18.2 Å². The number of likely N-dealkylation sites (N-methyl/N-ethyl adjacent to an activating group) is 1. The van der Waals surface area contributed by atoms with E-state index >= 15 is 0 Å². The standard InChI is InChI=1S/C12H12F3N3OS2/c1-3-7-8(21-6-16-7)5-20-11-17-9(12(13,14)15)4-10(19)18(11)2/h3-4,6,10,19H,1,5H2,2H3. The molecule has 0 aromatic carbocycles. The average molecular weight is 335 g/mol. The first-order chi connectivity index (χ1) is 9.82. The lowest BCUT2D eigenvalue weighted by Gasteiger charge is -2.28. The molecule has 1 N–H and O–H groups in total. The summed E-state index contributed by atoms with van der Waals surface area (Å²) < 4.78 is 38.1. The molecule has 114 valence electrons. The number of aliphatic imine (C=N–C) groups is 1. The molecular formula is C12H12F3N3OS2. The van der Waals surface area contributed by atoms with Gasteiger partial charge in [0.2, 0.25) is 0 Å². The van der Waals surface area contributed by atoms with Gasteiger partial charge in [-0.25, -0.2) is 9.98 Å².